The van der Waals surface area contributed by atoms with Gasteiger partial charge in [-0.3, -0.25) is 14.5 Å². The summed E-state index contributed by atoms with van der Waals surface area (Å²) in [6.45, 7) is 1.71. The molecule has 0 N–H and O–H groups in total. The van der Waals surface area contributed by atoms with Crippen LogP contribution in [0.5, 0.6) is 0 Å². The van der Waals surface area contributed by atoms with E-state index in [4.69, 9.17) is 0 Å². The maximum absolute atomic E-state index is 13.2. The van der Waals surface area contributed by atoms with Crippen LogP contribution >= 0.6 is 0 Å². The number of likely N-dealkylation sites (tertiary alicyclic amines) is 1. The number of allylic oxidation sites excluding steroid dienone is 2. The van der Waals surface area contributed by atoms with Gasteiger partial charge in [0.2, 0.25) is 21.8 Å². The summed E-state index contributed by atoms with van der Waals surface area (Å²) < 4.78 is 39.9. The number of imide groups is 1. The van der Waals surface area contributed by atoms with Crippen LogP contribution in [0.15, 0.2) is 35.2 Å². The lowest BCUT2D eigenvalue weighted by Gasteiger charge is -2.42. The summed E-state index contributed by atoms with van der Waals surface area (Å²) in [5.74, 6) is -1.49. The molecule has 2 heterocycles. The van der Waals surface area contributed by atoms with Gasteiger partial charge in [0, 0.05) is 13.1 Å². The molecule has 1 aromatic carbocycles. The highest BCUT2D eigenvalue weighted by Crippen LogP contribution is 2.38. The molecule has 26 heavy (non-hydrogen) atoms. The van der Waals surface area contributed by atoms with E-state index in [1.54, 1.807) is 6.92 Å². The van der Waals surface area contributed by atoms with Crippen LogP contribution in [0.4, 0.5) is 4.39 Å². The number of rotatable bonds is 3. The Hall–Kier alpha value is -2.06. The van der Waals surface area contributed by atoms with E-state index in [1.165, 1.54) is 21.3 Å². The van der Waals surface area contributed by atoms with Crippen molar-refractivity contribution in [1.29, 1.82) is 0 Å². The number of carbonyl (C=O) groups excluding carboxylic acids is 2. The highest BCUT2D eigenvalue weighted by atomic mass is 32.2. The minimum Gasteiger partial charge on any atom is -0.276 e. The molecule has 2 unspecified atom stereocenters. The number of hydrogen-bond acceptors (Lipinski definition) is 4. The van der Waals surface area contributed by atoms with Crippen LogP contribution in [-0.2, 0) is 19.6 Å². The van der Waals surface area contributed by atoms with Gasteiger partial charge in [-0.15, -0.1) is 0 Å². The van der Waals surface area contributed by atoms with Crippen molar-refractivity contribution in [3.05, 3.63) is 41.7 Å². The van der Waals surface area contributed by atoms with E-state index in [2.05, 4.69) is 0 Å². The SMILES string of the molecule is Cc1cc(F)ccc1S(=O)(=O)N1CC(N2C(=O)C3CC=CCC3C2=O)C1. The fourth-order valence-electron chi connectivity index (χ4n) is 4.00. The lowest BCUT2D eigenvalue weighted by Crippen LogP contribution is -2.62. The first-order valence-electron chi connectivity index (χ1n) is 8.59. The molecule has 2 fully saturated rings. The van der Waals surface area contributed by atoms with Crippen molar-refractivity contribution in [2.45, 2.75) is 30.7 Å². The number of benzene rings is 1. The Bertz CT molecular complexity index is 895. The summed E-state index contributed by atoms with van der Waals surface area (Å²) in [5.41, 5.74) is 0.332. The van der Waals surface area contributed by atoms with Gasteiger partial charge in [-0.1, -0.05) is 12.2 Å². The summed E-state index contributed by atoms with van der Waals surface area (Å²) >= 11 is 0. The van der Waals surface area contributed by atoms with Crippen LogP contribution in [-0.4, -0.2) is 48.6 Å². The molecule has 2 saturated heterocycles. The van der Waals surface area contributed by atoms with Gasteiger partial charge in [-0.2, -0.15) is 4.31 Å². The monoisotopic (exact) mass is 378 g/mol. The molecule has 0 spiro atoms. The second-order valence-corrected chi connectivity index (χ2v) is 8.99. The third-order valence-corrected chi connectivity index (χ3v) is 7.48. The fourth-order valence-corrected chi connectivity index (χ4v) is 5.72. The quantitative estimate of drug-likeness (QED) is 0.590. The van der Waals surface area contributed by atoms with Gasteiger partial charge in [0.1, 0.15) is 5.82 Å². The van der Waals surface area contributed by atoms with Crippen molar-refractivity contribution in [3.63, 3.8) is 0 Å². The van der Waals surface area contributed by atoms with Crippen molar-refractivity contribution < 1.29 is 22.4 Å². The second kappa shape index (κ2) is 5.99. The van der Waals surface area contributed by atoms with Gasteiger partial charge in [-0.25, -0.2) is 12.8 Å². The van der Waals surface area contributed by atoms with Crippen molar-refractivity contribution in [2.75, 3.05) is 13.1 Å². The molecule has 0 saturated carbocycles. The number of carbonyl (C=O) groups is 2. The Labute approximate surface area is 151 Å². The van der Waals surface area contributed by atoms with Crippen LogP contribution in [0.1, 0.15) is 18.4 Å². The average molecular weight is 378 g/mol. The maximum atomic E-state index is 13.2. The van der Waals surface area contributed by atoms with Gasteiger partial charge >= 0.3 is 0 Å². The molecule has 3 aliphatic rings. The molecule has 1 aromatic rings. The third-order valence-electron chi connectivity index (χ3n) is 5.49. The number of nitrogens with zero attached hydrogens (tertiary/aromatic N) is 2. The Balaban J connectivity index is 1.50. The first-order valence-corrected chi connectivity index (χ1v) is 10.0. The van der Waals surface area contributed by atoms with E-state index in [0.29, 0.717) is 18.4 Å². The first-order chi connectivity index (χ1) is 12.3. The van der Waals surface area contributed by atoms with Crippen LogP contribution < -0.4 is 0 Å². The standard InChI is InChI=1S/C18H19FN2O4S/c1-11-8-12(19)6-7-16(11)26(24,25)20-9-13(10-20)21-17(22)14-4-2-3-5-15(14)18(21)23/h2-3,6-8,13-15H,4-5,9-10H2,1H3. The molecule has 138 valence electrons. The number of aryl methyl sites for hydroxylation is 1. The Kier molecular flexibility index (Phi) is 4.00. The van der Waals surface area contributed by atoms with Crippen molar-refractivity contribution in [3.8, 4) is 0 Å². The molecule has 4 rings (SSSR count). The minimum atomic E-state index is -3.77. The number of halogens is 1. The molecule has 6 nitrogen and oxygen atoms in total. The van der Waals surface area contributed by atoms with Crippen LogP contribution in [0.2, 0.25) is 0 Å². The normalized spacial score (nSPS) is 26.9. The van der Waals surface area contributed by atoms with Crippen LogP contribution in [0.3, 0.4) is 0 Å². The van der Waals surface area contributed by atoms with E-state index < -0.39 is 21.9 Å². The zero-order valence-corrected chi connectivity index (χ0v) is 15.1. The molecular weight excluding hydrogens is 359 g/mol. The Morgan fingerprint density at radius 1 is 1.04 bits per heavy atom. The van der Waals surface area contributed by atoms with E-state index in [-0.39, 0.29) is 41.6 Å². The fraction of sp³-hybridized carbons (Fsp3) is 0.444. The highest BCUT2D eigenvalue weighted by Gasteiger charge is 2.53. The molecule has 2 aliphatic heterocycles. The third kappa shape index (κ3) is 2.51. The largest absolute Gasteiger partial charge is 0.276 e. The molecule has 8 heteroatoms. The van der Waals surface area contributed by atoms with E-state index in [0.717, 1.165) is 6.07 Å². The minimum absolute atomic E-state index is 0.0503. The molecule has 2 amide bonds. The van der Waals surface area contributed by atoms with Gasteiger partial charge in [-0.05, 0) is 43.5 Å². The highest BCUT2D eigenvalue weighted by molar-refractivity contribution is 7.89. The van der Waals surface area contributed by atoms with Crippen molar-refractivity contribution >= 4 is 21.8 Å². The molecule has 0 radical (unpaired) electrons. The smallest absolute Gasteiger partial charge is 0.243 e. The number of fused-ring (bicyclic) bond motifs is 1. The Morgan fingerprint density at radius 2 is 1.62 bits per heavy atom. The molecule has 2 atom stereocenters. The lowest BCUT2D eigenvalue weighted by atomic mass is 9.85. The van der Waals surface area contributed by atoms with Gasteiger partial charge in [0.05, 0.1) is 22.8 Å². The Morgan fingerprint density at radius 3 is 2.15 bits per heavy atom. The van der Waals surface area contributed by atoms with Gasteiger partial charge < -0.3 is 0 Å². The van der Waals surface area contributed by atoms with E-state index >= 15 is 0 Å². The summed E-state index contributed by atoms with van der Waals surface area (Å²) in [6, 6.07) is 3.12. The summed E-state index contributed by atoms with van der Waals surface area (Å²) in [6.07, 6.45) is 4.97. The number of amides is 2. The van der Waals surface area contributed by atoms with Crippen molar-refractivity contribution in [2.24, 2.45) is 11.8 Å². The van der Waals surface area contributed by atoms with Crippen LogP contribution in [0, 0.1) is 24.6 Å². The summed E-state index contributed by atoms with van der Waals surface area (Å²) in [4.78, 5) is 26.4. The molecule has 0 aromatic heterocycles. The summed E-state index contributed by atoms with van der Waals surface area (Å²) in [5, 5.41) is 0. The topological polar surface area (TPSA) is 74.8 Å². The predicted octanol–water partition coefficient (Wildman–Crippen LogP) is 1.46. The zero-order chi connectivity index (χ0) is 18.6. The van der Waals surface area contributed by atoms with Crippen molar-refractivity contribution in [1.82, 2.24) is 9.21 Å². The predicted molar refractivity (Wildman–Crippen MR) is 90.9 cm³/mol. The number of hydrogen-bond donors (Lipinski definition) is 0. The second-order valence-electron chi connectivity index (χ2n) is 7.09. The van der Waals surface area contributed by atoms with Gasteiger partial charge in [0.15, 0.2) is 0 Å². The molecule has 1 aliphatic carbocycles. The average Bonchev–Trinajstić information content (AvgIpc) is 2.79. The first kappa shape index (κ1) is 17.4. The zero-order valence-electron chi connectivity index (χ0n) is 14.3. The van der Waals surface area contributed by atoms with Gasteiger partial charge in [0.25, 0.3) is 0 Å². The molecular formula is C18H19FN2O4S. The summed E-state index contributed by atoms with van der Waals surface area (Å²) in [7, 11) is -3.77. The van der Waals surface area contributed by atoms with E-state index in [1.807, 2.05) is 12.2 Å². The van der Waals surface area contributed by atoms with E-state index in [9.17, 15) is 22.4 Å². The maximum Gasteiger partial charge on any atom is 0.243 e. The lowest BCUT2D eigenvalue weighted by molar-refractivity contribution is -0.145. The molecule has 0 bridgehead atoms. The number of sulfonamides is 1. The van der Waals surface area contributed by atoms with Crippen LogP contribution in [0.25, 0.3) is 0 Å².